The highest BCUT2D eigenvalue weighted by atomic mass is 32.2. The summed E-state index contributed by atoms with van der Waals surface area (Å²) in [6.45, 7) is 10.2. The number of hydrogen-bond donors (Lipinski definition) is 5. The van der Waals surface area contributed by atoms with E-state index in [1.165, 1.54) is 26.4 Å². The van der Waals surface area contributed by atoms with Gasteiger partial charge in [0.05, 0.1) is 43.6 Å². The number of rotatable bonds is 21. The number of nitrogens with zero attached hydrogens (tertiary/aromatic N) is 9. The van der Waals surface area contributed by atoms with Crippen molar-refractivity contribution >= 4 is 111 Å². The van der Waals surface area contributed by atoms with Gasteiger partial charge in [-0.1, -0.05) is 72.4 Å². The number of aliphatic hydroxyl groups excluding tert-OH is 1. The van der Waals surface area contributed by atoms with E-state index in [-0.39, 0.29) is 52.2 Å². The average Bonchev–Trinajstić information content (AvgIpc) is 3.34. The van der Waals surface area contributed by atoms with Gasteiger partial charge in [0.15, 0.2) is 5.16 Å². The second kappa shape index (κ2) is 22.2. The maximum Gasteiger partial charge on any atom is 0.296 e. The van der Waals surface area contributed by atoms with Gasteiger partial charge in [0, 0.05) is 54.8 Å². The molecule has 23 heteroatoms. The van der Waals surface area contributed by atoms with Gasteiger partial charge in [0.2, 0.25) is 11.9 Å². The van der Waals surface area contributed by atoms with E-state index in [0.717, 1.165) is 11.8 Å². The molecule has 0 atom stereocenters. The van der Waals surface area contributed by atoms with Crippen molar-refractivity contribution in [1.82, 2.24) is 15.0 Å². The molecule has 6 aromatic carbocycles. The summed E-state index contributed by atoms with van der Waals surface area (Å²) in [5.74, 6) is 1.13. The molecule has 366 valence electrons. The standard InChI is InChI=1S/C47H51N11O9S3/c1-7-57(8-2)37-25-33(35(27-39(37)66-5)53-55-43-31-17-13-11-15-29(31)19-21-41(43)69(60,61)62)48-45-50-46(52-47(51-45)68-24-23-59)49-34-26-38(58(9-3)10-4)40(67-6)28-36(34)54-56-44-32-18-14-12-16-30(32)20-22-42(44)70(63,64)65/h11-22,25-28,59H,7-10,23-24H2,1-6H3,(H,60,61,62)(H,63,64,65)(H2,48,49,50,51,52). The van der Waals surface area contributed by atoms with E-state index in [1.54, 1.807) is 84.9 Å². The minimum absolute atomic E-state index is 0.0167. The smallest absolute Gasteiger partial charge is 0.296 e. The molecular formula is C47H51N11O9S3. The van der Waals surface area contributed by atoms with Crippen LogP contribution in [0.15, 0.2) is 132 Å². The van der Waals surface area contributed by atoms with Crippen LogP contribution in [0.3, 0.4) is 0 Å². The molecule has 0 fully saturated rings. The molecule has 7 rings (SSSR count). The lowest BCUT2D eigenvalue weighted by molar-refractivity contribution is 0.322. The highest BCUT2D eigenvalue weighted by molar-refractivity contribution is 7.99. The number of azo groups is 2. The van der Waals surface area contributed by atoms with Crippen LogP contribution in [0.4, 0.5) is 57.4 Å². The zero-order chi connectivity index (χ0) is 50.2. The fourth-order valence-electron chi connectivity index (χ4n) is 7.64. The molecule has 0 unspecified atom stereocenters. The van der Waals surface area contributed by atoms with Crippen LogP contribution in [0.1, 0.15) is 27.7 Å². The molecule has 5 N–H and O–H groups in total. The number of benzene rings is 6. The van der Waals surface area contributed by atoms with Crippen LogP contribution in [0.25, 0.3) is 21.5 Å². The summed E-state index contributed by atoms with van der Waals surface area (Å²) in [6, 6.07) is 26.4. The molecule has 0 radical (unpaired) electrons. The number of ether oxygens (including phenoxy) is 2. The Morgan fingerprint density at radius 3 is 1.37 bits per heavy atom. The molecule has 7 aromatic rings. The molecule has 0 saturated carbocycles. The lowest BCUT2D eigenvalue weighted by Gasteiger charge is -2.25. The highest BCUT2D eigenvalue weighted by Crippen LogP contribution is 2.44. The van der Waals surface area contributed by atoms with Crippen molar-refractivity contribution in [3.63, 3.8) is 0 Å². The Bertz CT molecular complexity index is 3120. The van der Waals surface area contributed by atoms with Gasteiger partial charge >= 0.3 is 0 Å². The van der Waals surface area contributed by atoms with Crippen LogP contribution in [0.5, 0.6) is 11.5 Å². The fraction of sp³-hybridized carbons (Fsp3) is 0.255. The third kappa shape index (κ3) is 11.4. The van der Waals surface area contributed by atoms with E-state index in [4.69, 9.17) is 14.5 Å². The summed E-state index contributed by atoms with van der Waals surface area (Å²) in [5, 5.41) is 36.7. The van der Waals surface area contributed by atoms with Crippen molar-refractivity contribution in [2.45, 2.75) is 42.6 Å². The Morgan fingerprint density at radius 2 is 1.00 bits per heavy atom. The molecule has 0 amide bonds. The SMILES string of the molecule is CCN(CC)c1cc(Nc2nc(Nc3cc(N(CC)CC)c(OC)cc3N=Nc3c(S(=O)(=O)O)ccc4ccccc34)nc(SCCO)n2)c(N=Nc2c(S(=O)(=O)O)ccc3ccccc23)cc1OC. The topological polar surface area (TPSA) is 266 Å². The van der Waals surface area contributed by atoms with Crippen LogP contribution < -0.4 is 29.9 Å². The third-order valence-corrected chi connectivity index (χ3v) is 13.6. The second-order valence-corrected chi connectivity index (χ2v) is 19.0. The average molecular weight is 1010 g/mol. The Hall–Kier alpha value is -7.02. The van der Waals surface area contributed by atoms with Gasteiger partial charge in [-0.3, -0.25) is 9.11 Å². The minimum atomic E-state index is -4.73. The van der Waals surface area contributed by atoms with Crippen molar-refractivity contribution in [3.05, 3.63) is 97.1 Å². The molecule has 0 bridgehead atoms. The molecule has 1 heterocycles. The van der Waals surface area contributed by atoms with Gasteiger partial charge in [-0.05, 0) is 62.7 Å². The van der Waals surface area contributed by atoms with E-state index < -0.39 is 30.0 Å². The molecule has 70 heavy (non-hydrogen) atoms. The van der Waals surface area contributed by atoms with Gasteiger partial charge in [-0.25, -0.2) is 0 Å². The molecule has 0 aliphatic heterocycles. The molecule has 0 aliphatic rings. The van der Waals surface area contributed by atoms with Crippen LogP contribution in [0, 0.1) is 0 Å². The number of anilines is 6. The van der Waals surface area contributed by atoms with E-state index in [0.29, 0.717) is 82.0 Å². The number of nitrogens with one attached hydrogen (secondary N) is 2. The summed E-state index contributed by atoms with van der Waals surface area (Å²) < 4.78 is 82.6. The van der Waals surface area contributed by atoms with Crippen molar-refractivity contribution in [2.75, 3.05) is 73.2 Å². The summed E-state index contributed by atoms with van der Waals surface area (Å²) in [7, 11) is -6.44. The van der Waals surface area contributed by atoms with Crippen molar-refractivity contribution in [3.8, 4) is 11.5 Å². The van der Waals surface area contributed by atoms with Crippen LogP contribution >= 0.6 is 11.8 Å². The first-order valence-corrected chi connectivity index (χ1v) is 25.8. The molecule has 20 nitrogen and oxygen atoms in total. The monoisotopic (exact) mass is 1010 g/mol. The Morgan fingerprint density at radius 1 is 0.586 bits per heavy atom. The number of thioether (sulfide) groups is 1. The summed E-state index contributed by atoms with van der Waals surface area (Å²) in [5.41, 5.74) is 2.20. The first kappa shape index (κ1) is 50.8. The van der Waals surface area contributed by atoms with E-state index in [2.05, 4.69) is 50.9 Å². The van der Waals surface area contributed by atoms with Crippen LogP contribution in [-0.2, 0) is 20.2 Å². The van der Waals surface area contributed by atoms with Crippen molar-refractivity contribution < 1.29 is 40.5 Å². The number of hydrogen-bond acceptors (Lipinski definition) is 19. The van der Waals surface area contributed by atoms with E-state index in [9.17, 15) is 31.0 Å². The minimum Gasteiger partial charge on any atom is -0.494 e. The molecule has 0 spiro atoms. The molecule has 0 saturated heterocycles. The summed E-state index contributed by atoms with van der Waals surface area (Å²) >= 11 is 1.15. The van der Waals surface area contributed by atoms with E-state index in [1.807, 2.05) is 27.7 Å². The zero-order valence-electron chi connectivity index (χ0n) is 39.0. The first-order valence-electron chi connectivity index (χ1n) is 21.9. The summed E-state index contributed by atoms with van der Waals surface area (Å²) in [4.78, 5) is 17.3. The first-order chi connectivity index (χ1) is 33.6. The van der Waals surface area contributed by atoms with Gasteiger partial charge in [-0.15, -0.1) is 20.5 Å². The number of fused-ring (bicyclic) bond motifs is 2. The number of aromatic nitrogens is 3. The lowest BCUT2D eigenvalue weighted by Crippen LogP contribution is -2.22. The zero-order valence-corrected chi connectivity index (χ0v) is 41.5. The lowest BCUT2D eigenvalue weighted by atomic mass is 10.1. The largest absolute Gasteiger partial charge is 0.494 e. The Labute approximate surface area is 409 Å². The van der Waals surface area contributed by atoms with Crippen LogP contribution in [-0.4, -0.2) is 98.8 Å². The quantitative estimate of drug-likeness (QED) is 0.0254. The van der Waals surface area contributed by atoms with Gasteiger partial charge in [0.1, 0.15) is 44.0 Å². The fourth-order valence-corrected chi connectivity index (χ4v) is 9.49. The normalized spacial score (nSPS) is 12.0. The number of methoxy groups -OCH3 is 2. The maximum absolute atomic E-state index is 12.6. The Kier molecular flexibility index (Phi) is 16.1. The second-order valence-electron chi connectivity index (χ2n) is 15.1. The predicted molar refractivity (Wildman–Crippen MR) is 273 cm³/mol. The Balaban J connectivity index is 1.39. The van der Waals surface area contributed by atoms with Crippen molar-refractivity contribution in [1.29, 1.82) is 0 Å². The predicted octanol–water partition coefficient (Wildman–Crippen LogP) is 10.8. The van der Waals surface area contributed by atoms with Gasteiger partial charge < -0.3 is 35.0 Å². The number of aliphatic hydroxyl groups is 1. The molecule has 1 aromatic heterocycles. The van der Waals surface area contributed by atoms with E-state index >= 15 is 0 Å². The summed E-state index contributed by atoms with van der Waals surface area (Å²) in [6.07, 6.45) is 0. The third-order valence-electron chi connectivity index (χ3n) is 11.0. The highest BCUT2D eigenvalue weighted by Gasteiger charge is 2.23. The van der Waals surface area contributed by atoms with Crippen LogP contribution in [0.2, 0.25) is 0 Å². The maximum atomic E-state index is 12.6. The molecular weight excluding hydrogens is 959 g/mol. The van der Waals surface area contributed by atoms with Crippen molar-refractivity contribution in [2.24, 2.45) is 20.5 Å². The molecule has 0 aliphatic carbocycles. The van der Waals surface area contributed by atoms with Gasteiger partial charge in [-0.2, -0.15) is 31.8 Å². The van der Waals surface area contributed by atoms with Gasteiger partial charge in [0.25, 0.3) is 20.2 Å².